The van der Waals surface area contributed by atoms with Crippen molar-refractivity contribution in [2.75, 3.05) is 27.3 Å². The lowest BCUT2D eigenvalue weighted by Gasteiger charge is -2.24. The van der Waals surface area contributed by atoms with Crippen molar-refractivity contribution in [3.8, 4) is 33.8 Å². The third kappa shape index (κ3) is 6.74. The second kappa shape index (κ2) is 12.5. The molecule has 41 heavy (non-hydrogen) atoms. The van der Waals surface area contributed by atoms with Crippen LogP contribution in [0.3, 0.4) is 0 Å². The van der Waals surface area contributed by atoms with Gasteiger partial charge >= 0.3 is 5.97 Å². The summed E-state index contributed by atoms with van der Waals surface area (Å²) in [5, 5.41) is 9.85. The van der Waals surface area contributed by atoms with Crippen molar-refractivity contribution < 1.29 is 23.8 Å². The second-order valence-corrected chi connectivity index (χ2v) is 10.7. The predicted octanol–water partition coefficient (Wildman–Crippen LogP) is 6.50. The van der Waals surface area contributed by atoms with Crippen LogP contribution in [0.25, 0.3) is 22.3 Å². The molecule has 6 nitrogen and oxygen atoms in total. The maximum atomic E-state index is 13.2. The minimum atomic E-state index is -0.895. The fourth-order valence-electron chi connectivity index (χ4n) is 5.38. The van der Waals surface area contributed by atoms with Crippen LogP contribution < -0.4 is 9.47 Å². The summed E-state index contributed by atoms with van der Waals surface area (Å²) in [5.41, 5.74) is 8.19. The quantitative estimate of drug-likeness (QED) is 0.241. The molecule has 1 aliphatic rings. The van der Waals surface area contributed by atoms with E-state index in [1.54, 1.807) is 12.1 Å². The Morgan fingerprint density at radius 1 is 1.02 bits per heavy atom. The standard InChI is InChI=1S/C34H35FN2O4/c1-22-29(20-32(38)39)33(26-10-15-31-25(19-26)5-4-17-41-31)34(30(36-22)21-37(2)3)24-8-13-28(14-9-24)40-18-16-23-6-11-27(35)12-7-23/h6-15,19H,4-5,16-18,20-21H2,1-3H3,(H,38,39). The van der Waals surface area contributed by atoms with E-state index >= 15 is 0 Å². The van der Waals surface area contributed by atoms with Gasteiger partial charge in [-0.3, -0.25) is 9.78 Å². The summed E-state index contributed by atoms with van der Waals surface area (Å²) in [6.45, 7) is 3.67. The number of hydrogen-bond acceptors (Lipinski definition) is 5. The second-order valence-electron chi connectivity index (χ2n) is 10.7. The average molecular weight is 555 g/mol. The normalized spacial score (nSPS) is 12.6. The maximum absolute atomic E-state index is 13.2. The lowest BCUT2D eigenvalue weighted by Crippen LogP contribution is -2.16. The zero-order valence-electron chi connectivity index (χ0n) is 23.7. The number of aromatic nitrogens is 1. The zero-order valence-corrected chi connectivity index (χ0v) is 23.7. The Balaban J connectivity index is 1.55. The Morgan fingerprint density at radius 3 is 2.46 bits per heavy atom. The topological polar surface area (TPSA) is 71.9 Å². The molecule has 3 aromatic carbocycles. The molecular formula is C34H35FN2O4. The zero-order chi connectivity index (χ0) is 28.9. The molecule has 0 spiro atoms. The molecule has 0 atom stereocenters. The van der Waals surface area contributed by atoms with Crippen LogP contribution >= 0.6 is 0 Å². The van der Waals surface area contributed by atoms with Gasteiger partial charge in [0, 0.05) is 24.2 Å². The van der Waals surface area contributed by atoms with Crippen LogP contribution in [0.4, 0.5) is 4.39 Å². The molecule has 0 unspecified atom stereocenters. The summed E-state index contributed by atoms with van der Waals surface area (Å²) < 4.78 is 25.0. The van der Waals surface area contributed by atoms with E-state index < -0.39 is 5.97 Å². The molecule has 1 aromatic heterocycles. The third-order valence-electron chi connectivity index (χ3n) is 7.29. The Kier molecular flexibility index (Phi) is 8.64. The number of nitrogens with zero attached hydrogens (tertiary/aromatic N) is 2. The van der Waals surface area contributed by atoms with E-state index in [9.17, 15) is 14.3 Å². The van der Waals surface area contributed by atoms with Gasteiger partial charge in [-0.2, -0.15) is 0 Å². The van der Waals surface area contributed by atoms with Crippen molar-refractivity contribution >= 4 is 5.97 Å². The van der Waals surface area contributed by atoms with Gasteiger partial charge in [-0.15, -0.1) is 0 Å². The Bertz CT molecular complexity index is 1530. The highest BCUT2D eigenvalue weighted by atomic mass is 19.1. The van der Waals surface area contributed by atoms with Gasteiger partial charge in [0.25, 0.3) is 0 Å². The molecule has 0 fully saturated rings. The molecule has 0 saturated heterocycles. The number of rotatable bonds is 10. The molecule has 1 aliphatic heterocycles. The van der Waals surface area contributed by atoms with Crippen molar-refractivity contribution in [3.05, 3.63) is 101 Å². The number of aryl methyl sites for hydroxylation is 2. The fourth-order valence-corrected chi connectivity index (χ4v) is 5.38. The maximum Gasteiger partial charge on any atom is 0.307 e. The smallest absolute Gasteiger partial charge is 0.307 e. The molecule has 0 amide bonds. The molecule has 0 saturated carbocycles. The third-order valence-corrected chi connectivity index (χ3v) is 7.29. The number of benzene rings is 3. The average Bonchev–Trinajstić information content (AvgIpc) is 2.95. The first kappa shape index (κ1) is 28.3. The highest BCUT2D eigenvalue weighted by Gasteiger charge is 2.24. The number of fused-ring (bicyclic) bond motifs is 1. The number of ether oxygens (including phenoxy) is 2. The first-order valence-electron chi connectivity index (χ1n) is 13.9. The van der Waals surface area contributed by atoms with Crippen LogP contribution in [0.15, 0.2) is 66.7 Å². The highest BCUT2D eigenvalue weighted by molar-refractivity contribution is 5.90. The highest BCUT2D eigenvalue weighted by Crippen LogP contribution is 2.41. The van der Waals surface area contributed by atoms with Crippen molar-refractivity contribution in [2.24, 2.45) is 0 Å². The van der Waals surface area contributed by atoms with Crippen LogP contribution in [0.5, 0.6) is 11.5 Å². The van der Waals surface area contributed by atoms with Gasteiger partial charge < -0.3 is 19.5 Å². The van der Waals surface area contributed by atoms with Crippen LogP contribution in [0.1, 0.15) is 34.5 Å². The van der Waals surface area contributed by atoms with E-state index in [0.717, 1.165) is 69.1 Å². The number of pyridine rings is 1. The fraction of sp³-hybridized carbons (Fsp3) is 0.294. The summed E-state index contributed by atoms with van der Waals surface area (Å²) in [6, 6.07) is 20.5. The van der Waals surface area contributed by atoms with E-state index in [0.29, 0.717) is 31.7 Å². The van der Waals surface area contributed by atoms with Crippen LogP contribution in [0.2, 0.25) is 0 Å². The van der Waals surface area contributed by atoms with Crippen LogP contribution in [0, 0.1) is 12.7 Å². The lowest BCUT2D eigenvalue weighted by molar-refractivity contribution is -0.136. The molecule has 4 aromatic rings. The van der Waals surface area contributed by atoms with E-state index in [1.807, 2.05) is 57.4 Å². The van der Waals surface area contributed by atoms with E-state index in [2.05, 4.69) is 11.0 Å². The molecule has 0 bridgehead atoms. The summed E-state index contributed by atoms with van der Waals surface area (Å²) in [7, 11) is 4.00. The predicted molar refractivity (Wildman–Crippen MR) is 158 cm³/mol. The Hall–Kier alpha value is -4.23. The van der Waals surface area contributed by atoms with Gasteiger partial charge in [-0.25, -0.2) is 4.39 Å². The van der Waals surface area contributed by atoms with Gasteiger partial charge in [0.05, 0.1) is 25.3 Å². The number of carbonyl (C=O) groups is 1. The first-order valence-corrected chi connectivity index (χ1v) is 13.9. The molecule has 5 rings (SSSR count). The van der Waals surface area contributed by atoms with Crippen molar-refractivity contribution in [1.29, 1.82) is 0 Å². The lowest BCUT2D eigenvalue weighted by atomic mass is 9.86. The van der Waals surface area contributed by atoms with Crippen LogP contribution in [-0.2, 0) is 30.6 Å². The first-order chi connectivity index (χ1) is 19.8. The van der Waals surface area contributed by atoms with E-state index in [1.165, 1.54) is 12.1 Å². The van der Waals surface area contributed by atoms with Crippen molar-refractivity contribution in [3.63, 3.8) is 0 Å². The van der Waals surface area contributed by atoms with Crippen molar-refractivity contribution in [1.82, 2.24) is 9.88 Å². The minimum Gasteiger partial charge on any atom is -0.493 e. The molecule has 1 N–H and O–H groups in total. The number of carboxylic acids is 1. The number of hydrogen-bond donors (Lipinski definition) is 1. The van der Waals surface area contributed by atoms with Gasteiger partial charge in [0.1, 0.15) is 17.3 Å². The van der Waals surface area contributed by atoms with Gasteiger partial charge in [-0.1, -0.05) is 30.3 Å². The van der Waals surface area contributed by atoms with E-state index in [4.69, 9.17) is 14.5 Å². The minimum absolute atomic E-state index is 0.123. The molecular weight excluding hydrogens is 519 g/mol. The molecule has 0 radical (unpaired) electrons. The number of carboxylic acid groups (broad SMARTS) is 1. The summed E-state index contributed by atoms with van der Waals surface area (Å²) >= 11 is 0. The summed E-state index contributed by atoms with van der Waals surface area (Å²) in [5.74, 6) is 0.471. The van der Waals surface area contributed by atoms with Crippen LogP contribution in [-0.4, -0.2) is 48.3 Å². The molecule has 2 heterocycles. The number of halogens is 1. The van der Waals surface area contributed by atoms with Gasteiger partial charge in [0.15, 0.2) is 0 Å². The molecule has 7 heteroatoms. The number of aliphatic carboxylic acids is 1. The molecule has 0 aliphatic carbocycles. The Labute approximate surface area is 240 Å². The SMILES string of the molecule is Cc1nc(CN(C)C)c(-c2ccc(OCCc3ccc(F)cc3)cc2)c(-c2ccc3c(c2)CCCO3)c1CC(=O)O. The van der Waals surface area contributed by atoms with E-state index in [-0.39, 0.29) is 12.2 Å². The summed E-state index contributed by atoms with van der Waals surface area (Å²) in [4.78, 5) is 19.0. The molecule has 212 valence electrons. The Morgan fingerprint density at radius 2 is 1.76 bits per heavy atom. The monoisotopic (exact) mass is 554 g/mol. The van der Waals surface area contributed by atoms with Crippen molar-refractivity contribution in [2.45, 2.75) is 39.2 Å². The van der Waals surface area contributed by atoms with Gasteiger partial charge in [0.2, 0.25) is 0 Å². The largest absolute Gasteiger partial charge is 0.493 e. The summed E-state index contributed by atoms with van der Waals surface area (Å²) in [6.07, 6.45) is 2.42. The van der Waals surface area contributed by atoms with Gasteiger partial charge in [-0.05, 0) is 104 Å².